The maximum Gasteiger partial charge on any atom is 0.226 e. The zero-order valence-electron chi connectivity index (χ0n) is 14.7. The van der Waals surface area contributed by atoms with E-state index in [0.29, 0.717) is 17.5 Å². The smallest absolute Gasteiger partial charge is 0.226 e. The largest absolute Gasteiger partial charge is 0.300 e. The Morgan fingerprint density at radius 2 is 1.96 bits per heavy atom. The zero-order valence-corrected chi connectivity index (χ0v) is 16.3. The van der Waals surface area contributed by atoms with Crippen LogP contribution in [0.5, 0.6) is 0 Å². The summed E-state index contributed by atoms with van der Waals surface area (Å²) in [5, 5.41) is 11.7. The van der Waals surface area contributed by atoms with Crippen molar-refractivity contribution in [3.05, 3.63) is 35.9 Å². The molecule has 130 valence electrons. The molecule has 1 atom stereocenters. The van der Waals surface area contributed by atoms with Gasteiger partial charge in [0.05, 0.1) is 0 Å². The van der Waals surface area contributed by atoms with Gasteiger partial charge in [0, 0.05) is 12.2 Å². The van der Waals surface area contributed by atoms with Gasteiger partial charge in [-0.05, 0) is 23.3 Å². The number of benzene rings is 1. The van der Waals surface area contributed by atoms with Crippen molar-refractivity contribution < 1.29 is 4.79 Å². The molecule has 0 bridgehead atoms. The lowest BCUT2D eigenvalue weighted by Gasteiger charge is -2.22. The van der Waals surface area contributed by atoms with Crippen LogP contribution in [0.25, 0.3) is 0 Å². The van der Waals surface area contributed by atoms with Crippen LogP contribution in [0.1, 0.15) is 46.1 Å². The highest BCUT2D eigenvalue weighted by atomic mass is 32.2. The Kier molecular flexibility index (Phi) is 6.80. The standard InChI is InChI=1S/C18H25N3OS2/c1-13(11-18(2,3)4)10-15(22)19-16-20-21-17(24-16)23-12-14-8-6-5-7-9-14/h5-9,13H,10-12H2,1-4H3,(H,19,20,22). The molecule has 2 rings (SSSR count). The molecule has 6 heteroatoms. The van der Waals surface area contributed by atoms with E-state index in [1.54, 1.807) is 11.8 Å². The fourth-order valence-electron chi connectivity index (χ4n) is 2.64. The molecule has 0 saturated carbocycles. The van der Waals surface area contributed by atoms with Crippen molar-refractivity contribution >= 4 is 34.1 Å². The number of amides is 1. The maximum absolute atomic E-state index is 12.1. The second-order valence-corrected chi connectivity index (χ2v) is 9.47. The van der Waals surface area contributed by atoms with Gasteiger partial charge in [-0.3, -0.25) is 4.79 Å². The maximum atomic E-state index is 12.1. The van der Waals surface area contributed by atoms with Gasteiger partial charge in [0.2, 0.25) is 11.0 Å². The summed E-state index contributed by atoms with van der Waals surface area (Å²) in [5.41, 5.74) is 1.49. The minimum absolute atomic E-state index is 0.0162. The summed E-state index contributed by atoms with van der Waals surface area (Å²) in [4.78, 5) is 12.1. The van der Waals surface area contributed by atoms with Gasteiger partial charge >= 0.3 is 0 Å². The molecule has 4 nitrogen and oxygen atoms in total. The van der Waals surface area contributed by atoms with E-state index in [0.717, 1.165) is 16.5 Å². The van der Waals surface area contributed by atoms with Crippen LogP contribution in [0.15, 0.2) is 34.7 Å². The van der Waals surface area contributed by atoms with Crippen LogP contribution < -0.4 is 5.32 Å². The van der Waals surface area contributed by atoms with Crippen LogP contribution in [0.2, 0.25) is 0 Å². The first-order valence-corrected chi connectivity index (χ1v) is 9.92. The van der Waals surface area contributed by atoms with E-state index in [1.807, 2.05) is 18.2 Å². The second-order valence-electron chi connectivity index (χ2n) is 7.27. The predicted octanol–water partition coefficient (Wildman–Crippen LogP) is 5.23. The average Bonchev–Trinajstić information content (AvgIpc) is 2.91. The topological polar surface area (TPSA) is 54.9 Å². The molecular weight excluding hydrogens is 338 g/mol. The summed E-state index contributed by atoms with van der Waals surface area (Å²) < 4.78 is 0.872. The number of thioether (sulfide) groups is 1. The van der Waals surface area contributed by atoms with Crippen LogP contribution in [0.3, 0.4) is 0 Å². The van der Waals surface area contributed by atoms with Gasteiger partial charge in [-0.25, -0.2) is 0 Å². The summed E-state index contributed by atoms with van der Waals surface area (Å²) >= 11 is 3.07. The fourth-order valence-corrected chi connectivity index (χ4v) is 4.37. The lowest BCUT2D eigenvalue weighted by Crippen LogP contribution is -2.18. The molecular formula is C18H25N3OS2. The summed E-state index contributed by atoms with van der Waals surface area (Å²) in [6.45, 7) is 8.71. The molecule has 0 aliphatic heterocycles. The Bertz CT molecular complexity index is 650. The van der Waals surface area contributed by atoms with E-state index in [2.05, 4.69) is 55.3 Å². The Morgan fingerprint density at radius 1 is 1.25 bits per heavy atom. The van der Waals surface area contributed by atoms with Crippen molar-refractivity contribution in [2.75, 3.05) is 5.32 Å². The fraction of sp³-hybridized carbons (Fsp3) is 0.500. The summed E-state index contributed by atoms with van der Waals surface area (Å²) in [5.74, 6) is 1.22. The van der Waals surface area contributed by atoms with Crippen molar-refractivity contribution in [2.45, 2.75) is 50.6 Å². The molecule has 0 spiro atoms. The number of aromatic nitrogens is 2. The molecule has 0 aliphatic rings. The minimum Gasteiger partial charge on any atom is -0.300 e. The molecule has 2 aromatic rings. The van der Waals surface area contributed by atoms with Gasteiger partial charge in [0.25, 0.3) is 0 Å². The molecule has 0 saturated heterocycles. The first kappa shape index (κ1) is 18.9. The first-order chi connectivity index (χ1) is 11.3. The number of hydrogen-bond donors (Lipinski definition) is 1. The summed E-state index contributed by atoms with van der Waals surface area (Å²) in [6.07, 6.45) is 1.54. The molecule has 1 amide bonds. The third kappa shape index (κ3) is 7.01. The normalized spacial score (nSPS) is 12.8. The van der Waals surface area contributed by atoms with E-state index in [4.69, 9.17) is 0 Å². The molecule has 1 N–H and O–H groups in total. The number of hydrogen-bond acceptors (Lipinski definition) is 5. The summed E-state index contributed by atoms with van der Waals surface area (Å²) in [6, 6.07) is 10.2. The molecule has 0 fully saturated rings. The molecule has 1 unspecified atom stereocenters. The number of nitrogens with zero attached hydrogens (tertiary/aromatic N) is 2. The third-order valence-electron chi connectivity index (χ3n) is 3.35. The molecule has 1 aromatic heterocycles. The summed E-state index contributed by atoms with van der Waals surface area (Å²) in [7, 11) is 0. The van der Waals surface area contributed by atoms with Crippen molar-refractivity contribution in [3.8, 4) is 0 Å². The highest BCUT2D eigenvalue weighted by Gasteiger charge is 2.18. The Morgan fingerprint density at radius 3 is 2.62 bits per heavy atom. The number of carbonyl (C=O) groups is 1. The third-order valence-corrected chi connectivity index (χ3v) is 5.40. The van der Waals surface area contributed by atoms with Crippen LogP contribution in [-0.4, -0.2) is 16.1 Å². The SMILES string of the molecule is CC(CC(=O)Nc1nnc(SCc2ccccc2)s1)CC(C)(C)C. The Labute approximate surface area is 152 Å². The first-order valence-electron chi connectivity index (χ1n) is 8.12. The molecule has 0 aliphatic carbocycles. The highest BCUT2D eigenvalue weighted by molar-refractivity contribution is 8.00. The van der Waals surface area contributed by atoms with Crippen molar-refractivity contribution in [1.82, 2.24) is 10.2 Å². The van der Waals surface area contributed by atoms with Gasteiger partial charge < -0.3 is 5.32 Å². The van der Waals surface area contributed by atoms with Gasteiger partial charge in [-0.1, -0.05) is 81.1 Å². The van der Waals surface area contributed by atoms with Crippen LogP contribution in [-0.2, 0) is 10.5 Å². The minimum atomic E-state index is 0.0162. The Hall–Kier alpha value is -1.40. The lowest BCUT2D eigenvalue weighted by atomic mass is 9.84. The van der Waals surface area contributed by atoms with E-state index in [-0.39, 0.29) is 11.3 Å². The average molecular weight is 364 g/mol. The monoisotopic (exact) mass is 363 g/mol. The number of carbonyl (C=O) groups excluding carboxylic acids is 1. The van der Waals surface area contributed by atoms with Gasteiger partial charge in [-0.15, -0.1) is 10.2 Å². The predicted molar refractivity (Wildman–Crippen MR) is 102 cm³/mol. The van der Waals surface area contributed by atoms with Gasteiger partial charge in [0.1, 0.15) is 0 Å². The highest BCUT2D eigenvalue weighted by Crippen LogP contribution is 2.29. The molecule has 0 radical (unpaired) electrons. The van der Waals surface area contributed by atoms with Crippen molar-refractivity contribution in [3.63, 3.8) is 0 Å². The lowest BCUT2D eigenvalue weighted by molar-refractivity contribution is -0.117. The Balaban J connectivity index is 1.79. The zero-order chi connectivity index (χ0) is 17.6. The second kappa shape index (κ2) is 8.62. The quantitative estimate of drug-likeness (QED) is 0.540. The molecule has 1 heterocycles. The van der Waals surface area contributed by atoms with E-state index in [1.165, 1.54) is 16.9 Å². The number of anilines is 1. The van der Waals surface area contributed by atoms with E-state index >= 15 is 0 Å². The number of rotatable bonds is 7. The van der Waals surface area contributed by atoms with Gasteiger partial charge in [-0.2, -0.15) is 0 Å². The van der Waals surface area contributed by atoms with Crippen LogP contribution in [0.4, 0.5) is 5.13 Å². The van der Waals surface area contributed by atoms with Crippen molar-refractivity contribution in [2.24, 2.45) is 11.3 Å². The molecule has 1 aromatic carbocycles. The van der Waals surface area contributed by atoms with Gasteiger partial charge in [0.15, 0.2) is 4.34 Å². The van der Waals surface area contributed by atoms with Crippen molar-refractivity contribution in [1.29, 1.82) is 0 Å². The van der Waals surface area contributed by atoms with E-state index in [9.17, 15) is 4.79 Å². The molecule has 24 heavy (non-hydrogen) atoms. The number of nitrogens with one attached hydrogen (secondary N) is 1. The van der Waals surface area contributed by atoms with Crippen LogP contribution in [0, 0.1) is 11.3 Å². The van der Waals surface area contributed by atoms with Crippen LogP contribution >= 0.6 is 23.1 Å². The van der Waals surface area contributed by atoms with E-state index < -0.39 is 0 Å².